The highest BCUT2D eigenvalue weighted by Gasteiger charge is 1.78. The zero-order chi connectivity index (χ0) is 3.54. The lowest BCUT2D eigenvalue weighted by molar-refractivity contribution is 0.727. The van der Waals surface area contributed by atoms with Crippen molar-refractivity contribution in [2.24, 2.45) is 0 Å². The zero-order valence-corrected chi connectivity index (χ0v) is 3.31. The smallest absolute Gasteiger partial charge is 0.0345 e. The molecule has 0 atom stereocenters. The van der Waals surface area contributed by atoms with Crippen LogP contribution in [0.15, 0.2) is 12.3 Å². The molecular weight excluding hydrogens is 78.1 g/mol. The van der Waals surface area contributed by atoms with Crippen molar-refractivity contribution in [2.75, 3.05) is 6.54 Å². The lowest BCUT2D eigenvalue weighted by atomic mass is 10.7. The number of nitrogens with one attached hydrogen (secondary N) is 2. The van der Waals surface area contributed by atoms with E-state index in [9.17, 15) is 0 Å². The first kappa shape index (κ1) is 5.46. The Kier molecular flexibility index (Phi) is 2.44. The third kappa shape index (κ3) is 1.05. The van der Waals surface area contributed by atoms with Gasteiger partial charge in [-0.2, -0.15) is 0 Å². The Morgan fingerprint density at radius 2 is 2.33 bits per heavy atom. The highest BCUT2D eigenvalue weighted by molar-refractivity contribution is 4.85. The van der Waals surface area contributed by atoms with E-state index in [0.29, 0.717) is 0 Å². The summed E-state index contributed by atoms with van der Waals surface area (Å²) >= 11 is 0. The summed E-state index contributed by atoms with van der Waals surface area (Å²) in [7, 11) is 0. The van der Waals surface area contributed by atoms with Crippen molar-refractivity contribution in [2.45, 2.75) is 0 Å². The molecule has 2 N–H and O–H groups in total. The summed E-state index contributed by atoms with van der Waals surface area (Å²) in [5.41, 5.74) is 5.65. The third-order valence-electron chi connectivity index (χ3n) is 0.523. The molecule has 6 heavy (non-hydrogen) atoms. The summed E-state index contributed by atoms with van der Waals surface area (Å²) in [4.78, 5) is 0. The summed E-state index contributed by atoms with van der Waals surface area (Å²) in [5, 5.41) is 0. The van der Waals surface area contributed by atoms with Gasteiger partial charge < -0.3 is 5.43 Å². The van der Waals surface area contributed by atoms with Gasteiger partial charge in [-0.3, -0.25) is 0 Å². The molecule has 0 aromatic carbocycles. The molecule has 3 radical (unpaired) electrons. The van der Waals surface area contributed by atoms with Crippen molar-refractivity contribution in [3.63, 3.8) is 0 Å². The van der Waals surface area contributed by atoms with Crippen LogP contribution in [0.25, 0.3) is 0 Å². The second kappa shape index (κ2) is 2.68. The van der Waals surface area contributed by atoms with Gasteiger partial charge in [-0.15, -0.1) is 0 Å². The summed E-state index contributed by atoms with van der Waals surface area (Å²) in [6.45, 7) is 0.958. The standard InChI is InChI=1S/C3H6N2.N/c1-2-4-5-3-1;/h1-2,4-5H,3H2;. The molecule has 1 aliphatic heterocycles. The molecule has 0 aromatic rings. The van der Waals surface area contributed by atoms with Gasteiger partial charge in [0.25, 0.3) is 0 Å². The van der Waals surface area contributed by atoms with Crippen LogP contribution < -0.4 is 17.0 Å². The minimum atomic E-state index is 0. The lowest BCUT2D eigenvalue weighted by Crippen LogP contribution is -2.19. The Labute approximate surface area is 37.0 Å². The minimum Gasteiger partial charge on any atom is -0.329 e. The van der Waals surface area contributed by atoms with E-state index in [1.165, 1.54) is 0 Å². The van der Waals surface area contributed by atoms with E-state index >= 15 is 0 Å². The van der Waals surface area contributed by atoms with E-state index < -0.39 is 0 Å². The number of rotatable bonds is 0. The molecule has 0 saturated heterocycles. The van der Waals surface area contributed by atoms with Gasteiger partial charge in [0.15, 0.2) is 0 Å². The van der Waals surface area contributed by atoms with Crippen LogP contribution in [0.1, 0.15) is 0 Å². The lowest BCUT2D eigenvalue weighted by Gasteiger charge is -1.83. The van der Waals surface area contributed by atoms with Gasteiger partial charge in [0.1, 0.15) is 0 Å². The largest absolute Gasteiger partial charge is 0.329 e. The van der Waals surface area contributed by atoms with Crippen LogP contribution in [-0.4, -0.2) is 6.54 Å². The van der Waals surface area contributed by atoms with Crippen LogP contribution in [0, 0.1) is 0 Å². The van der Waals surface area contributed by atoms with Crippen LogP contribution in [0.4, 0.5) is 0 Å². The van der Waals surface area contributed by atoms with E-state index in [0.717, 1.165) is 6.54 Å². The Morgan fingerprint density at radius 1 is 1.50 bits per heavy atom. The Bertz CT molecular complexity index is 44.0. The van der Waals surface area contributed by atoms with Crippen molar-refractivity contribution in [1.29, 1.82) is 0 Å². The Balaban J connectivity index is 0.000000250. The predicted octanol–water partition coefficient (Wildman–Crippen LogP) is -0.873. The molecule has 0 aliphatic carbocycles. The maximum atomic E-state index is 2.86. The van der Waals surface area contributed by atoms with Crippen molar-refractivity contribution >= 4 is 0 Å². The first-order valence-electron chi connectivity index (χ1n) is 1.63. The van der Waals surface area contributed by atoms with E-state index in [4.69, 9.17) is 0 Å². The van der Waals surface area contributed by atoms with Gasteiger partial charge in [-0.1, -0.05) is 6.08 Å². The summed E-state index contributed by atoms with van der Waals surface area (Å²) in [6, 6.07) is 0. The Hall–Kier alpha value is -0.540. The highest BCUT2D eigenvalue weighted by atomic mass is 15.4. The zero-order valence-electron chi connectivity index (χ0n) is 3.31. The van der Waals surface area contributed by atoms with Crippen LogP contribution in [0.3, 0.4) is 0 Å². The third-order valence-corrected chi connectivity index (χ3v) is 0.523. The molecule has 0 amide bonds. The van der Waals surface area contributed by atoms with Crippen molar-refractivity contribution in [3.05, 3.63) is 12.3 Å². The SMILES string of the molecule is C1=CNNC1.[N]. The molecule has 1 aliphatic rings. The van der Waals surface area contributed by atoms with Gasteiger partial charge in [-0.25, -0.2) is 5.43 Å². The van der Waals surface area contributed by atoms with Gasteiger partial charge >= 0.3 is 0 Å². The van der Waals surface area contributed by atoms with Crippen LogP contribution in [-0.2, 0) is 0 Å². The first-order chi connectivity index (χ1) is 2.50. The fourth-order valence-electron chi connectivity index (χ4n) is 0.295. The molecule has 0 bridgehead atoms. The number of hydrogen-bond acceptors (Lipinski definition) is 2. The first-order valence-corrected chi connectivity index (χ1v) is 1.63. The summed E-state index contributed by atoms with van der Waals surface area (Å²) in [6.07, 6.45) is 3.89. The molecule has 0 saturated carbocycles. The molecule has 33 valence electrons. The van der Waals surface area contributed by atoms with E-state index in [1.807, 2.05) is 12.3 Å². The van der Waals surface area contributed by atoms with E-state index in [-0.39, 0.29) is 6.15 Å². The van der Waals surface area contributed by atoms with Gasteiger partial charge in [-0.05, 0) is 0 Å². The second-order valence-corrected chi connectivity index (χ2v) is 0.928. The van der Waals surface area contributed by atoms with Crippen molar-refractivity contribution in [1.82, 2.24) is 17.0 Å². The Morgan fingerprint density at radius 3 is 2.50 bits per heavy atom. The molecule has 0 fully saturated rings. The van der Waals surface area contributed by atoms with Crippen LogP contribution in [0.2, 0.25) is 0 Å². The predicted molar refractivity (Wildman–Crippen MR) is 22.4 cm³/mol. The summed E-state index contributed by atoms with van der Waals surface area (Å²) in [5.74, 6) is 0. The number of hydrazine groups is 1. The molecule has 3 heteroatoms. The van der Waals surface area contributed by atoms with E-state index in [2.05, 4.69) is 10.9 Å². The highest BCUT2D eigenvalue weighted by Crippen LogP contribution is 1.67. The van der Waals surface area contributed by atoms with Gasteiger partial charge in [0, 0.05) is 18.9 Å². The average molecular weight is 84.1 g/mol. The fraction of sp³-hybridized carbons (Fsp3) is 0.333. The van der Waals surface area contributed by atoms with Crippen molar-refractivity contribution < 1.29 is 0 Å². The van der Waals surface area contributed by atoms with E-state index in [1.54, 1.807) is 0 Å². The second-order valence-electron chi connectivity index (χ2n) is 0.928. The van der Waals surface area contributed by atoms with Gasteiger partial charge in [0.05, 0.1) is 0 Å². The number of hydrogen-bond donors (Lipinski definition) is 2. The molecule has 1 heterocycles. The van der Waals surface area contributed by atoms with Crippen molar-refractivity contribution in [3.8, 4) is 0 Å². The molecule has 0 spiro atoms. The molecule has 0 unspecified atom stereocenters. The normalized spacial score (nSPS) is 16.0. The van der Waals surface area contributed by atoms with Gasteiger partial charge in [0.2, 0.25) is 0 Å². The summed E-state index contributed by atoms with van der Waals surface area (Å²) < 4.78 is 0. The molecular formula is C3H6N3. The van der Waals surface area contributed by atoms with Crippen LogP contribution >= 0.6 is 0 Å². The molecule has 3 nitrogen and oxygen atoms in total. The van der Waals surface area contributed by atoms with Crippen LogP contribution in [0.5, 0.6) is 0 Å². The molecule has 0 aromatic heterocycles. The number of nitrogens with zero attached hydrogens (tertiary/aromatic N) is 1. The monoisotopic (exact) mass is 84.1 g/mol. The maximum absolute atomic E-state index is 2.86. The quantitative estimate of drug-likeness (QED) is 0.400. The minimum absolute atomic E-state index is 0. The average Bonchev–Trinajstić information content (AvgIpc) is 1.76. The molecule has 1 rings (SSSR count). The topological polar surface area (TPSA) is 54.6 Å². The fourth-order valence-corrected chi connectivity index (χ4v) is 0.295. The maximum Gasteiger partial charge on any atom is 0.0345 e.